The van der Waals surface area contributed by atoms with Crippen LogP contribution in [0.5, 0.6) is 0 Å². The molecule has 0 fully saturated rings. The van der Waals surface area contributed by atoms with Gasteiger partial charge in [0.2, 0.25) is 0 Å². The van der Waals surface area contributed by atoms with Gasteiger partial charge in [-0.3, -0.25) is 4.79 Å². The first kappa shape index (κ1) is 10.7. The molecule has 2 heterocycles. The average molecular weight is 218 g/mol. The van der Waals surface area contributed by atoms with Gasteiger partial charge in [-0.2, -0.15) is 5.10 Å². The Morgan fingerprint density at radius 3 is 3.00 bits per heavy atom. The van der Waals surface area contributed by atoms with E-state index in [9.17, 15) is 4.79 Å². The molecule has 2 rings (SSSR count). The lowest BCUT2D eigenvalue weighted by atomic mass is 10.0. The highest BCUT2D eigenvalue weighted by Crippen LogP contribution is 2.19. The molecule has 0 radical (unpaired) electrons. The molecule has 0 aliphatic heterocycles. The Balaban J connectivity index is 2.43. The summed E-state index contributed by atoms with van der Waals surface area (Å²) in [6.45, 7) is 3.63. The van der Waals surface area contributed by atoms with Crippen molar-refractivity contribution in [3.8, 4) is 0 Å². The van der Waals surface area contributed by atoms with Crippen LogP contribution in [0.2, 0.25) is 0 Å². The number of hydrogen-bond donors (Lipinski definition) is 1. The fourth-order valence-corrected chi connectivity index (χ4v) is 1.81. The number of rotatable bonds is 3. The molecule has 84 valence electrons. The van der Waals surface area contributed by atoms with E-state index < -0.39 is 5.97 Å². The number of pyridine rings is 1. The summed E-state index contributed by atoms with van der Waals surface area (Å²) in [4.78, 5) is 10.8. The molecule has 0 aliphatic carbocycles. The van der Waals surface area contributed by atoms with Crippen LogP contribution in [0.3, 0.4) is 0 Å². The Morgan fingerprint density at radius 2 is 2.31 bits per heavy atom. The van der Waals surface area contributed by atoms with Gasteiger partial charge in [-0.1, -0.05) is 13.0 Å². The highest BCUT2D eigenvalue weighted by Gasteiger charge is 2.16. The molecule has 1 unspecified atom stereocenters. The summed E-state index contributed by atoms with van der Waals surface area (Å²) in [7, 11) is 0. The molecule has 4 heteroatoms. The van der Waals surface area contributed by atoms with Crippen molar-refractivity contribution in [3.05, 3.63) is 35.7 Å². The first-order valence-corrected chi connectivity index (χ1v) is 5.25. The zero-order valence-electron chi connectivity index (χ0n) is 9.34. The van der Waals surface area contributed by atoms with Crippen molar-refractivity contribution >= 4 is 11.5 Å². The lowest BCUT2D eigenvalue weighted by Gasteiger charge is -2.05. The van der Waals surface area contributed by atoms with Crippen LogP contribution in [0, 0.1) is 12.8 Å². The highest BCUT2D eigenvalue weighted by molar-refractivity contribution is 5.71. The van der Waals surface area contributed by atoms with Crippen LogP contribution in [0.25, 0.3) is 5.52 Å². The minimum atomic E-state index is -0.769. The van der Waals surface area contributed by atoms with E-state index in [0.29, 0.717) is 6.42 Å². The first-order valence-electron chi connectivity index (χ1n) is 5.25. The molecule has 0 spiro atoms. The molecule has 0 aromatic carbocycles. The molecular weight excluding hydrogens is 204 g/mol. The molecule has 0 aliphatic rings. The second-order valence-electron chi connectivity index (χ2n) is 4.04. The topological polar surface area (TPSA) is 54.6 Å². The van der Waals surface area contributed by atoms with Crippen LogP contribution < -0.4 is 0 Å². The number of carbonyl (C=O) groups is 1. The fraction of sp³-hybridized carbons (Fsp3) is 0.333. The van der Waals surface area contributed by atoms with Crippen LogP contribution in [0.1, 0.15) is 18.2 Å². The van der Waals surface area contributed by atoms with Gasteiger partial charge >= 0.3 is 5.97 Å². The van der Waals surface area contributed by atoms with Crippen molar-refractivity contribution < 1.29 is 9.90 Å². The smallest absolute Gasteiger partial charge is 0.306 e. The maximum Gasteiger partial charge on any atom is 0.306 e. The monoisotopic (exact) mass is 218 g/mol. The van der Waals surface area contributed by atoms with E-state index in [4.69, 9.17) is 5.11 Å². The Morgan fingerprint density at radius 1 is 1.56 bits per heavy atom. The van der Waals surface area contributed by atoms with Gasteiger partial charge in [-0.25, -0.2) is 4.52 Å². The third-order valence-electron chi connectivity index (χ3n) is 2.77. The quantitative estimate of drug-likeness (QED) is 0.856. The van der Waals surface area contributed by atoms with Gasteiger partial charge in [0.05, 0.1) is 17.1 Å². The van der Waals surface area contributed by atoms with Gasteiger partial charge in [-0.15, -0.1) is 0 Å². The van der Waals surface area contributed by atoms with E-state index in [2.05, 4.69) is 5.10 Å². The average Bonchev–Trinajstić information content (AvgIpc) is 2.55. The van der Waals surface area contributed by atoms with Gasteiger partial charge in [0.1, 0.15) is 0 Å². The fourth-order valence-electron chi connectivity index (χ4n) is 1.81. The van der Waals surface area contributed by atoms with Gasteiger partial charge in [-0.05, 0) is 25.5 Å². The molecule has 1 atom stereocenters. The number of carboxylic acid groups (broad SMARTS) is 1. The standard InChI is InChI=1S/C12H14N2O2/c1-8(12(15)16)7-10-9(2)13-14-6-4-3-5-11(10)14/h3-6,8H,7H2,1-2H3,(H,15,16). The number of aromatic nitrogens is 2. The predicted molar refractivity (Wildman–Crippen MR) is 60.4 cm³/mol. The maximum atomic E-state index is 10.8. The number of fused-ring (bicyclic) bond motifs is 1. The van der Waals surface area contributed by atoms with Crippen LogP contribution in [-0.2, 0) is 11.2 Å². The van der Waals surface area contributed by atoms with Gasteiger partial charge in [0.25, 0.3) is 0 Å². The van der Waals surface area contributed by atoms with E-state index in [1.165, 1.54) is 0 Å². The minimum Gasteiger partial charge on any atom is -0.481 e. The molecule has 2 aromatic heterocycles. The Labute approximate surface area is 93.5 Å². The van der Waals surface area contributed by atoms with Crippen LogP contribution in [0.15, 0.2) is 24.4 Å². The minimum absolute atomic E-state index is 0.382. The lowest BCUT2D eigenvalue weighted by Crippen LogP contribution is -2.12. The Hall–Kier alpha value is -1.84. The summed E-state index contributed by atoms with van der Waals surface area (Å²) in [5.41, 5.74) is 2.92. The van der Waals surface area contributed by atoms with E-state index in [1.54, 1.807) is 11.4 Å². The number of carboxylic acids is 1. The Bertz CT molecular complexity index is 531. The van der Waals surface area contributed by atoms with E-state index in [1.807, 2.05) is 31.3 Å². The summed E-state index contributed by atoms with van der Waals surface area (Å²) in [5.74, 6) is -1.15. The molecule has 0 saturated carbocycles. The van der Waals surface area contributed by atoms with Crippen molar-refractivity contribution in [2.75, 3.05) is 0 Å². The summed E-state index contributed by atoms with van der Waals surface area (Å²) >= 11 is 0. The molecule has 1 N–H and O–H groups in total. The largest absolute Gasteiger partial charge is 0.481 e. The molecule has 0 amide bonds. The number of nitrogens with zero attached hydrogens (tertiary/aromatic N) is 2. The number of aryl methyl sites for hydroxylation is 1. The van der Waals surface area contributed by atoms with Crippen molar-refractivity contribution in [2.24, 2.45) is 5.92 Å². The predicted octanol–water partition coefficient (Wildman–Crippen LogP) is 1.91. The second-order valence-corrected chi connectivity index (χ2v) is 4.04. The van der Waals surface area contributed by atoms with Gasteiger partial charge in [0.15, 0.2) is 0 Å². The van der Waals surface area contributed by atoms with Crippen LogP contribution in [-0.4, -0.2) is 20.7 Å². The highest BCUT2D eigenvalue weighted by atomic mass is 16.4. The molecule has 0 bridgehead atoms. The van der Waals surface area contributed by atoms with Crippen LogP contribution in [0.4, 0.5) is 0 Å². The lowest BCUT2D eigenvalue weighted by molar-refractivity contribution is -0.141. The van der Waals surface area contributed by atoms with Crippen molar-refractivity contribution in [1.29, 1.82) is 0 Å². The number of aliphatic carboxylic acids is 1. The van der Waals surface area contributed by atoms with E-state index in [-0.39, 0.29) is 5.92 Å². The SMILES string of the molecule is Cc1nn2ccccc2c1CC(C)C(=O)O. The summed E-state index contributed by atoms with van der Waals surface area (Å²) in [5, 5.41) is 13.3. The zero-order chi connectivity index (χ0) is 11.7. The molecule has 2 aromatic rings. The summed E-state index contributed by atoms with van der Waals surface area (Å²) in [6.07, 6.45) is 2.39. The zero-order valence-corrected chi connectivity index (χ0v) is 9.34. The second kappa shape index (κ2) is 3.96. The maximum absolute atomic E-state index is 10.8. The summed E-state index contributed by atoms with van der Waals surface area (Å²) in [6, 6.07) is 5.80. The number of hydrogen-bond acceptors (Lipinski definition) is 2. The first-order chi connectivity index (χ1) is 7.59. The van der Waals surface area contributed by atoms with E-state index in [0.717, 1.165) is 16.8 Å². The summed E-state index contributed by atoms with van der Waals surface area (Å²) < 4.78 is 1.79. The van der Waals surface area contributed by atoms with Crippen molar-refractivity contribution in [1.82, 2.24) is 9.61 Å². The van der Waals surface area contributed by atoms with Crippen LogP contribution >= 0.6 is 0 Å². The normalized spacial score (nSPS) is 12.9. The third kappa shape index (κ3) is 1.78. The molecule has 16 heavy (non-hydrogen) atoms. The Kier molecular flexibility index (Phi) is 2.64. The molecule has 4 nitrogen and oxygen atoms in total. The van der Waals surface area contributed by atoms with Crippen molar-refractivity contribution in [3.63, 3.8) is 0 Å². The van der Waals surface area contributed by atoms with Crippen molar-refractivity contribution in [2.45, 2.75) is 20.3 Å². The van der Waals surface area contributed by atoms with Gasteiger partial charge in [0, 0.05) is 11.8 Å². The molecule has 0 saturated heterocycles. The van der Waals surface area contributed by atoms with Gasteiger partial charge < -0.3 is 5.11 Å². The van der Waals surface area contributed by atoms with E-state index >= 15 is 0 Å². The third-order valence-corrected chi connectivity index (χ3v) is 2.77. The molecular formula is C12H14N2O2.